The number of carbonyl (C=O) groups excluding carboxylic acids is 2. The molecule has 0 bridgehead atoms. The highest BCUT2D eigenvalue weighted by Crippen LogP contribution is 2.19. The fourth-order valence-electron chi connectivity index (χ4n) is 1.86. The van der Waals surface area contributed by atoms with Gasteiger partial charge in [-0.2, -0.15) is 0 Å². The van der Waals surface area contributed by atoms with Gasteiger partial charge in [0.05, 0.1) is 6.61 Å². The van der Waals surface area contributed by atoms with Crippen molar-refractivity contribution < 1.29 is 19.1 Å². The van der Waals surface area contributed by atoms with Crippen molar-refractivity contribution in [2.45, 2.75) is 39.5 Å². The lowest BCUT2D eigenvalue weighted by atomic mass is 10.0. The summed E-state index contributed by atoms with van der Waals surface area (Å²) in [5.41, 5.74) is 1.17. The number of amides is 1. The molecule has 1 rings (SSSR count). The van der Waals surface area contributed by atoms with E-state index in [4.69, 9.17) is 9.47 Å². The first-order valence-corrected chi connectivity index (χ1v) is 7.68. The lowest BCUT2D eigenvalue weighted by Crippen LogP contribution is -2.30. The minimum absolute atomic E-state index is 0.0268. The van der Waals surface area contributed by atoms with Gasteiger partial charge in [-0.3, -0.25) is 9.59 Å². The molecule has 0 saturated carbocycles. The molecule has 5 nitrogen and oxygen atoms in total. The zero-order chi connectivity index (χ0) is 16.4. The maximum Gasteiger partial charge on any atom is 0.305 e. The van der Waals surface area contributed by atoms with Crippen molar-refractivity contribution in [1.82, 2.24) is 5.32 Å². The molecule has 0 aliphatic heterocycles. The number of hydrogen-bond donors (Lipinski definition) is 1. The molecule has 0 atom stereocenters. The van der Waals surface area contributed by atoms with Crippen LogP contribution in [0.2, 0.25) is 0 Å². The second kappa shape index (κ2) is 9.82. The Morgan fingerprint density at radius 1 is 1.27 bits per heavy atom. The van der Waals surface area contributed by atoms with Crippen molar-refractivity contribution in [3.63, 3.8) is 0 Å². The highest BCUT2D eigenvalue weighted by molar-refractivity contribution is 5.77. The molecule has 1 aromatic rings. The molecule has 22 heavy (non-hydrogen) atoms. The Kier molecular flexibility index (Phi) is 8.04. The molecule has 0 unspecified atom stereocenters. The van der Waals surface area contributed by atoms with Crippen molar-refractivity contribution in [2.24, 2.45) is 0 Å². The molecule has 1 aromatic carbocycles. The molecule has 122 valence electrons. The maximum absolute atomic E-state index is 11.7. The van der Waals surface area contributed by atoms with E-state index < -0.39 is 0 Å². The highest BCUT2D eigenvalue weighted by Gasteiger charge is 2.06. The number of ether oxygens (including phenoxy) is 2. The lowest BCUT2D eigenvalue weighted by molar-refractivity contribution is -0.143. The van der Waals surface area contributed by atoms with Crippen molar-refractivity contribution in [3.05, 3.63) is 29.8 Å². The van der Waals surface area contributed by atoms with Crippen molar-refractivity contribution in [1.29, 1.82) is 0 Å². The molecule has 0 heterocycles. The van der Waals surface area contributed by atoms with E-state index in [-0.39, 0.29) is 18.5 Å². The third kappa shape index (κ3) is 7.11. The van der Waals surface area contributed by atoms with E-state index in [2.05, 4.69) is 19.2 Å². The quantitative estimate of drug-likeness (QED) is 0.562. The first-order valence-electron chi connectivity index (χ1n) is 7.68. The molecule has 0 aromatic heterocycles. The van der Waals surface area contributed by atoms with Crippen LogP contribution in [0.1, 0.15) is 45.1 Å². The number of rotatable bonds is 9. The normalized spacial score (nSPS) is 10.4. The zero-order valence-electron chi connectivity index (χ0n) is 13.6. The van der Waals surface area contributed by atoms with E-state index in [1.54, 1.807) is 6.92 Å². The third-order valence-electron chi connectivity index (χ3n) is 3.08. The Hall–Kier alpha value is -2.04. The van der Waals surface area contributed by atoms with Crippen LogP contribution in [0.5, 0.6) is 5.75 Å². The Morgan fingerprint density at radius 2 is 2.05 bits per heavy atom. The zero-order valence-corrected chi connectivity index (χ0v) is 13.6. The Bertz CT molecular complexity index is 485. The van der Waals surface area contributed by atoms with E-state index in [1.807, 2.05) is 24.3 Å². The summed E-state index contributed by atoms with van der Waals surface area (Å²) in [7, 11) is 0. The number of esters is 1. The van der Waals surface area contributed by atoms with Crippen molar-refractivity contribution in [2.75, 3.05) is 19.8 Å². The predicted octanol–water partition coefficient (Wildman–Crippen LogP) is 2.65. The van der Waals surface area contributed by atoms with E-state index >= 15 is 0 Å². The van der Waals surface area contributed by atoms with Gasteiger partial charge in [0.25, 0.3) is 5.91 Å². The van der Waals surface area contributed by atoms with Crippen molar-refractivity contribution >= 4 is 11.9 Å². The highest BCUT2D eigenvalue weighted by atomic mass is 16.5. The molecule has 1 N–H and O–H groups in total. The number of benzene rings is 1. The minimum Gasteiger partial charge on any atom is -0.484 e. The molecule has 0 fully saturated rings. The Morgan fingerprint density at radius 3 is 2.73 bits per heavy atom. The van der Waals surface area contributed by atoms with Crippen LogP contribution in [0.15, 0.2) is 24.3 Å². The minimum atomic E-state index is -0.238. The summed E-state index contributed by atoms with van der Waals surface area (Å²) in [6, 6.07) is 7.73. The Labute approximate surface area is 132 Å². The van der Waals surface area contributed by atoms with Gasteiger partial charge in [-0.25, -0.2) is 0 Å². The molecule has 0 aliphatic carbocycles. The van der Waals surface area contributed by atoms with Gasteiger partial charge in [0, 0.05) is 13.0 Å². The van der Waals surface area contributed by atoms with Crippen LogP contribution in [0.3, 0.4) is 0 Å². The van der Waals surface area contributed by atoms with Gasteiger partial charge in [0.2, 0.25) is 0 Å². The monoisotopic (exact) mass is 307 g/mol. The van der Waals surface area contributed by atoms with Gasteiger partial charge >= 0.3 is 5.97 Å². The average Bonchev–Trinajstić information content (AvgIpc) is 2.50. The molecule has 5 heteroatoms. The van der Waals surface area contributed by atoms with E-state index in [0.29, 0.717) is 37.7 Å². The topological polar surface area (TPSA) is 64.6 Å². The van der Waals surface area contributed by atoms with Gasteiger partial charge in [0.1, 0.15) is 5.75 Å². The summed E-state index contributed by atoms with van der Waals surface area (Å²) in [4.78, 5) is 22.8. The average molecular weight is 307 g/mol. The second-order valence-electron chi connectivity index (χ2n) is 5.27. The number of nitrogens with one attached hydrogen (secondary N) is 1. The maximum atomic E-state index is 11.7. The SMILES string of the molecule is CCOC(=O)CCCNC(=O)COc1cccc(C(C)C)c1. The smallest absolute Gasteiger partial charge is 0.305 e. The summed E-state index contributed by atoms with van der Waals surface area (Å²) in [6.45, 7) is 6.78. The van der Waals surface area contributed by atoms with Crippen LogP contribution in [-0.2, 0) is 14.3 Å². The van der Waals surface area contributed by atoms with E-state index in [0.717, 1.165) is 0 Å². The molecular formula is C17H25NO4. The largest absolute Gasteiger partial charge is 0.484 e. The van der Waals surface area contributed by atoms with Gasteiger partial charge in [-0.15, -0.1) is 0 Å². The molecule has 0 saturated heterocycles. The van der Waals surface area contributed by atoms with Gasteiger partial charge in [0.15, 0.2) is 6.61 Å². The number of hydrogen-bond acceptors (Lipinski definition) is 4. The van der Waals surface area contributed by atoms with Gasteiger partial charge in [-0.1, -0.05) is 26.0 Å². The van der Waals surface area contributed by atoms with E-state index in [1.165, 1.54) is 5.56 Å². The van der Waals surface area contributed by atoms with Crippen molar-refractivity contribution in [3.8, 4) is 5.75 Å². The molecule has 0 spiro atoms. The van der Waals surface area contributed by atoms with E-state index in [9.17, 15) is 9.59 Å². The molecular weight excluding hydrogens is 282 g/mol. The fraction of sp³-hybridized carbons (Fsp3) is 0.529. The fourth-order valence-corrected chi connectivity index (χ4v) is 1.86. The first-order chi connectivity index (χ1) is 10.5. The molecule has 0 aliphatic rings. The van der Waals surface area contributed by atoms with Crippen LogP contribution >= 0.6 is 0 Å². The number of carbonyl (C=O) groups is 2. The predicted molar refractivity (Wildman–Crippen MR) is 84.9 cm³/mol. The third-order valence-corrected chi connectivity index (χ3v) is 3.08. The molecule has 1 amide bonds. The van der Waals surface area contributed by atoms with Crippen LogP contribution < -0.4 is 10.1 Å². The summed E-state index contributed by atoms with van der Waals surface area (Å²) in [6.07, 6.45) is 0.874. The van der Waals surface area contributed by atoms with Crippen LogP contribution in [0.25, 0.3) is 0 Å². The first kappa shape index (κ1) is 18.0. The summed E-state index contributed by atoms with van der Waals surface area (Å²) in [5.74, 6) is 0.672. The van der Waals surface area contributed by atoms with Gasteiger partial charge < -0.3 is 14.8 Å². The molecule has 0 radical (unpaired) electrons. The summed E-state index contributed by atoms with van der Waals surface area (Å²) < 4.78 is 10.3. The van der Waals surface area contributed by atoms with Crippen LogP contribution in [-0.4, -0.2) is 31.6 Å². The second-order valence-corrected chi connectivity index (χ2v) is 5.27. The Balaban J connectivity index is 2.23. The van der Waals surface area contributed by atoms with Crippen LogP contribution in [0.4, 0.5) is 0 Å². The summed E-state index contributed by atoms with van der Waals surface area (Å²) >= 11 is 0. The summed E-state index contributed by atoms with van der Waals surface area (Å²) in [5, 5.41) is 2.72. The van der Waals surface area contributed by atoms with Gasteiger partial charge in [-0.05, 0) is 37.0 Å². The lowest BCUT2D eigenvalue weighted by Gasteiger charge is -2.10. The van der Waals surface area contributed by atoms with Crippen LogP contribution in [0, 0.1) is 0 Å². The standard InChI is InChI=1S/C17H25NO4/c1-4-21-17(20)9-6-10-18-16(19)12-22-15-8-5-7-14(11-15)13(2)3/h5,7-8,11,13H,4,6,9-10,12H2,1-3H3,(H,18,19).